The maximum absolute atomic E-state index is 11.4. The number of rotatable bonds is 22. The molecule has 0 aliphatic carbocycles. The summed E-state index contributed by atoms with van der Waals surface area (Å²) in [7, 11) is -4.87. The summed E-state index contributed by atoms with van der Waals surface area (Å²) >= 11 is 0. The molecule has 184 valence electrons. The molecule has 0 heterocycles. The first-order valence-electron chi connectivity index (χ1n) is 11.3. The Bertz CT molecular complexity index is 563. The molecule has 0 spiro atoms. The van der Waals surface area contributed by atoms with Crippen molar-refractivity contribution in [2.45, 2.75) is 89.2 Å². The number of hydrogen-bond acceptors (Lipinski definition) is 7. The van der Waals surface area contributed by atoms with Gasteiger partial charge in [0.05, 0.1) is 26.2 Å². The van der Waals surface area contributed by atoms with E-state index in [2.05, 4.69) is 6.92 Å². The molecular weight excluding hydrogens is 428 g/mol. The summed E-state index contributed by atoms with van der Waals surface area (Å²) in [5.41, 5.74) is 0. The largest absolute Gasteiger partial charge is 0.480 e. The minimum atomic E-state index is -4.87. The van der Waals surface area contributed by atoms with Crippen molar-refractivity contribution in [3.63, 3.8) is 0 Å². The van der Waals surface area contributed by atoms with Gasteiger partial charge in [-0.05, 0) is 6.42 Å². The van der Waals surface area contributed by atoms with Crippen LogP contribution >= 0.6 is 0 Å². The fourth-order valence-corrected chi connectivity index (χ4v) is 3.54. The van der Waals surface area contributed by atoms with Crippen molar-refractivity contribution < 1.29 is 41.9 Å². The molecule has 0 aliphatic heterocycles. The highest BCUT2D eigenvalue weighted by Crippen LogP contribution is 2.11. The fraction of sp³-hybridized carbons (Fsp3) is 0.905. The first-order valence-corrected chi connectivity index (χ1v) is 12.8. The number of hydrogen-bond donors (Lipinski definition) is 2. The zero-order valence-electron chi connectivity index (χ0n) is 18.8. The van der Waals surface area contributed by atoms with E-state index in [1.54, 1.807) is 0 Å². The maximum atomic E-state index is 11.4. The predicted molar refractivity (Wildman–Crippen MR) is 117 cm³/mol. The lowest BCUT2D eigenvalue weighted by atomic mass is 10.1. The molecule has 0 aliphatic rings. The van der Waals surface area contributed by atoms with Crippen LogP contribution in [0.3, 0.4) is 0 Å². The van der Waals surface area contributed by atoms with Crippen molar-refractivity contribution in [2.24, 2.45) is 0 Å². The average Bonchev–Trinajstić information content (AvgIpc) is 2.70. The standard InChI is InChI=1S/C21H40O9S/c1-2-3-4-5-6-7-8-9-10-11-12-13-28-14-15-29-16-17-30-20(22)18-19(21(23)24)31(25,26)27/h19H,2-18H2,1H3,(H,23,24)(H,25,26,27). The molecule has 31 heavy (non-hydrogen) atoms. The molecule has 2 N–H and O–H groups in total. The van der Waals surface area contributed by atoms with Crippen LogP contribution in [0, 0.1) is 0 Å². The molecule has 0 saturated heterocycles. The zero-order valence-corrected chi connectivity index (χ0v) is 19.6. The first-order chi connectivity index (χ1) is 14.8. The predicted octanol–water partition coefficient (Wildman–Crippen LogP) is 3.60. The monoisotopic (exact) mass is 468 g/mol. The average molecular weight is 469 g/mol. The Kier molecular flexibility index (Phi) is 18.7. The molecule has 1 atom stereocenters. The van der Waals surface area contributed by atoms with Gasteiger partial charge in [0.1, 0.15) is 6.61 Å². The summed E-state index contributed by atoms with van der Waals surface area (Å²) in [4.78, 5) is 22.2. The van der Waals surface area contributed by atoms with Gasteiger partial charge in [0.15, 0.2) is 5.25 Å². The summed E-state index contributed by atoms with van der Waals surface area (Å²) in [5, 5.41) is 6.47. The summed E-state index contributed by atoms with van der Waals surface area (Å²) < 4.78 is 45.9. The third-order valence-electron chi connectivity index (χ3n) is 4.74. The summed E-state index contributed by atoms with van der Waals surface area (Å²) in [6.07, 6.45) is 13.1. The van der Waals surface area contributed by atoms with Crippen molar-refractivity contribution in [2.75, 3.05) is 33.0 Å². The van der Waals surface area contributed by atoms with Gasteiger partial charge in [-0.25, -0.2) is 0 Å². The van der Waals surface area contributed by atoms with Gasteiger partial charge in [0.25, 0.3) is 10.1 Å². The lowest BCUT2D eigenvalue weighted by Crippen LogP contribution is -2.32. The highest BCUT2D eigenvalue weighted by Gasteiger charge is 2.33. The summed E-state index contributed by atoms with van der Waals surface area (Å²) in [6, 6.07) is 0. The van der Waals surface area contributed by atoms with Gasteiger partial charge in [-0.2, -0.15) is 8.42 Å². The van der Waals surface area contributed by atoms with Gasteiger partial charge < -0.3 is 19.3 Å². The quantitative estimate of drug-likeness (QED) is 0.139. The van der Waals surface area contributed by atoms with Gasteiger partial charge in [0.2, 0.25) is 0 Å². The minimum absolute atomic E-state index is 0.0805. The van der Waals surface area contributed by atoms with Crippen LogP contribution < -0.4 is 0 Å². The zero-order chi connectivity index (χ0) is 23.4. The molecule has 10 heteroatoms. The molecule has 0 aromatic heterocycles. The lowest BCUT2D eigenvalue weighted by Gasteiger charge is -2.09. The highest BCUT2D eigenvalue weighted by molar-refractivity contribution is 7.87. The number of unbranched alkanes of at least 4 members (excludes halogenated alkanes) is 10. The van der Waals surface area contributed by atoms with E-state index in [0.29, 0.717) is 19.8 Å². The van der Waals surface area contributed by atoms with E-state index in [1.807, 2.05) is 0 Å². The van der Waals surface area contributed by atoms with Crippen molar-refractivity contribution in [3.8, 4) is 0 Å². The van der Waals surface area contributed by atoms with Crippen LogP contribution in [0.4, 0.5) is 0 Å². The molecule has 0 aromatic carbocycles. The topological polar surface area (TPSA) is 136 Å². The van der Waals surface area contributed by atoms with E-state index in [9.17, 15) is 18.0 Å². The number of esters is 1. The SMILES string of the molecule is CCCCCCCCCCCCCOCCOCCOC(=O)CC(C(=O)O)S(=O)(=O)O. The molecule has 0 fully saturated rings. The van der Waals surface area contributed by atoms with Gasteiger partial charge >= 0.3 is 11.9 Å². The van der Waals surface area contributed by atoms with Gasteiger partial charge in [-0.15, -0.1) is 0 Å². The second-order valence-corrected chi connectivity index (χ2v) is 9.13. The van der Waals surface area contributed by atoms with E-state index >= 15 is 0 Å². The van der Waals surface area contributed by atoms with E-state index in [-0.39, 0.29) is 13.2 Å². The van der Waals surface area contributed by atoms with Crippen LogP contribution in [0.1, 0.15) is 84.0 Å². The Labute approximate surface area is 186 Å². The molecule has 0 aromatic rings. The number of carboxylic acid groups (broad SMARTS) is 1. The number of carbonyl (C=O) groups is 2. The minimum Gasteiger partial charge on any atom is -0.480 e. The Morgan fingerprint density at radius 1 is 0.742 bits per heavy atom. The van der Waals surface area contributed by atoms with Crippen LogP contribution in [0.25, 0.3) is 0 Å². The number of carboxylic acids is 1. The van der Waals surface area contributed by atoms with Gasteiger partial charge in [-0.3, -0.25) is 14.1 Å². The Balaban J connectivity index is 3.40. The van der Waals surface area contributed by atoms with E-state index in [4.69, 9.17) is 23.9 Å². The molecule has 0 rings (SSSR count). The molecule has 9 nitrogen and oxygen atoms in total. The molecule has 0 amide bonds. The summed E-state index contributed by atoms with van der Waals surface area (Å²) in [6.45, 7) is 3.61. The molecular formula is C21H40O9S. The Morgan fingerprint density at radius 3 is 1.68 bits per heavy atom. The van der Waals surface area contributed by atoms with Crippen molar-refractivity contribution in [1.82, 2.24) is 0 Å². The van der Waals surface area contributed by atoms with Crippen molar-refractivity contribution >= 4 is 22.1 Å². The third-order valence-corrected chi connectivity index (χ3v) is 5.83. The third kappa shape index (κ3) is 19.2. The number of carbonyl (C=O) groups excluding carboxylic acids is 1. The fourth-order valence-electron chi connectivity index (χ4n) is 2.94. The smallest absolute Gasteiger partial charge is 0.325 e. The van der Waals surface area contributed by atoms with Gasteiger partial charge in [-0.1, -0.05) is 71.1 Å². The normalized spacial score (nSPS) is 12.6. The van der Waals surface area contributed by atoms with Crippen LogP contribution in [-0.4, -0.2) is 68.3 Å². The number of aliphatic carboxylic acids is 1. The molecule has 1 unspecified atom stereocenters. The second-order valence-electron chi connectivity index (χ2n) is 7.53. The second kappa shape index (κ2) is 19.5. The van der Waals surface area contributed by atoms with E-state index in [0.717, 1.165) is 12.8 Å². The van der Waals surface area contributed by atoms with Crippen LogP contribution in [0.2, 0.25) is 0 Å². The number of ether oxygens (including phenoxy) is 3. The van der Waals surface area contributed by atoms with Gasteiger partial charge in [0, 0.05) is 6.61 Å². The lowest BCUT2D eigenvalue weighted by molar-refractivity contribution is -0.148. The van der Waals surface area contributed by atoms with Crippen LogP contribution in [0.15, 0.2) is 0 Å². The van der Waals surface area contributed by atoms with Crippen LogP contribution in [0.5, 0.6) is 0 Å². The van der Waals surface area contributed by atoms with Crippen molar-refractivity contribution in [1.29, 1.82) is 0 Å². The highest BCUT2D eigenvalue weighted by atomic mass is 32.2. The first kappa shape index (κ1) is 29.8. The molecule has 0 bridgehead atoms. The maximum Gasteiger partial charge on any atom is 0.325 e. The van der Waals surface area contributed by atoms with Crippen LogP contribution in [-0.2, 0) is 33.9 Å². The van der Waals surface area contributed by atoms with E-state index in [1.165, 1.54) is 57.8 Å². The molecule has 0 radical (unpaired) electrons. The Morgan fingerprint density at radius 2 is 1.19 bits per heavy atom. The Hall–Kier alpha value is -1.23. The summed E-state index contributed by atoms with van der Waals surface area (Å²) in [5.74, 6) is -2.85. The van der Waals surface area contributed by atoms with Crippen molar-refractivity contribution in [3.05, 3.63) is 0 Å². The van der Waals surface area contributed by atoms with E-state index < -0.39 is 33.7 Å². The molecule has 0 saturated carbocycles.